The first kappa shape index (κ1) is 9.27. The van der Waals surface area contributed by atoms with Crippen LogP contribution in [0.2, 0.25) is 0 Å². The lowest BCUT2D eigenvalue weighted by atomic mass is 9.96. The van der Waals surface area contributed by atoms with Gasteiger partial charge in [0, 0.05) is 0 Å². The maximum absolute atomic E-state index is 11.4. The van der Waals surface area contributed by atoms with E-state index in [1.807, 2.05) is 0 Å². The molecule has 12 heavy (non-hydrogen) atoms. The molecule has 3 nitrogen and oxygen atoms in total. The van der Waals surface area contributed by atoms with Gasteiger partial charge in [0.25, 0.3) is 0 Å². The first-order valence-electron chi connectivity index (χ1n) is 3.61. The van der Waals surface area contributed by atoms with Crippen molar-refractivity contribution in [3.63, 3.8) is 0 Å². The highest BCUT2D eigenvalue weighted by atomic mass is 32.2. The monoisotopic (exact) mass is 183 g/mol. The third-order valence-corrected chi connectivity index (χ3v) is 3.31. The summed E-state index contributed by atoms with van der Waals surface area (Å²) in [5.41, 5.74) is 0. The predicted octanol–water partition coefficient (Wildman–Crippen LogP) is 1.14. The molecule has 2 unspecified atom stereocenters. The van der Waals surface area contributed by atoms with Crippen LogP contribution < -0.4 is 0 Å². The van der Waals surface area contributed by atoms with Crippen LogP contribution in [0.15, 0.2) is 0 Å². The van der Waals surface area contributed by atoms with Gasteiger partial charge >= 0.3 is 0 Å². The second-order valence-electron chi connectivity index (χ2n) is 3.05. The van der Waals surface area contributed by atoms with Crippen molar-refractivity contribution in [3.05, 3.63) is 11.4 Å². The van der Waals surface area contributed by atoms with Crippen LogP contribution in [0.3, 0.4) is 0 Å². The molecule has 0 radical (unpaired) electrons. The molecule has 2 atom stereocenters. The minimum Gasteiger partial charge on any atom is -0.315 e. The Bertz CT molecular complexity index is 281. The Kier molecular flexibility index (Phi) is 2.25. The maximum Gasteiger partial charge on any atom is 0.236 e. The number of carbonyl (C=O) groups excluding carboxylic acids is 2. The number of Topliss-reactive ketones (excluding diaryl/α,β-unsaturated/α-hetero) is 1. The number of ketones is 1. The van der Waals surface area contributed by atoms with Crippen LogP contribution in [-0.2, 0) is 9.59 Å². The minimum absolute atomic E-state index is 0.103. The van der Waals surface area contributed by atoms with Crippen molar-refractivity contribution in [2.45, 2.75) is 18.6 Å². The number of nitrogens with zero attached hydrogens (tertiary/aromatic N) is 1. The van der Waals surface area contributed by atoms with Gasteiger partial charge in [0.2, 0.25) is 6.54 Å². The Morgan fingerprint density at radius 3 is 2.58 bits per heavy atom. The maximum atomic E-state index is 11.4. The Morgan fingerprint density at radius 1 is 1.67 bits per heavy atom. The highest BCUT2D eigenvalue weighted by molar-refractivity contribution is 8.16. The summed E-state index contributed by atoms with van der Waals surface area (Å²) in [6.45, 7) is 10.0. The molecule has 1 aliphatic heterocycles. The lowest BCUT2D eigenvalue weighted by Crippen LogP contribution is -2.32. The van der Waals surface area contributed by atoms with Gasteiger partial charge in [-0.2, -0.15) is 0 Å². The van der Waals surface area contributed by atoms with Crippen LogP contribution in [0, 0.1) is 12.5 Å². The fraction of sp³-hybridized carbons (Fsp3) is 0.625. The van der Waals surface area contributed by atoms with E-state index >= 15 is 0 Å². The summed E-state index contributed by atoms with van der Waals surface area (Å²) >= 11 is 1.01. The Morgan fingerprint density at radius 2 is 2.25 bits per heavy atom. The zero-order chi connectivity index (χ0) is 9.35. The van der Waals surface area contributed by atoms with Gasteiger partial charge in [0.1, 0.15) is 0 Å². The van der Waals surface area contributed by atoms with Gasteiger partial charge in [-0.1, -0.05) is 11.8 Å². The van der Waals surface area contributed by atoms with E-state index < -0.39 is 10.7 Å². The molecule has 1 heterocycles. The largest absolute Gasteiger partial charge is 0.315 e. The number of hydrogen-bond donors (Lipinski definition) is 0. The molecule has 1 saturated heterocycles. The molecule has 64 valence electrons. The van der Waals surface area contributed by atoms with Crippen LogP contribution in [0.1, 0.15) is 13.8 Å². The van der Waals surface area contributed by atoms with Crippen molar-refractivity contribution < 1.29 is 9.59 Å². The summed E-state index contributed by atoms with van der Waals surface area (Å²) in [6, 6.07) is 0. The van der Waals surface area contributed by atoms with Crippen molar-refractivity contribution >= 4 is 22.7 Å². The molecular formula is C8H9NO2S. The molecule has 0 aromatic heterocycles. The van der Waals surface area contributed by atoms with Gasteiger partial charge in [-0.3, -0.25) is 9.59 Å². The lowest BCUT2D eigenvalue weighted by Gasteiger charge is -2.11. The summed E-state index contributed by atoms with van der Waals surface area (Å²) in [4.78, 5) is 25.7. The van der Waals surface area contributed by atoms with E-state index in [1.165, 1.54) is 0 Å². The van der Waals surface area contributed by atoms with E-state index in [0.29, 0.717) is 0 Å². The third kappa shape index (κ3) is 1.25. The molecule has 0 amide bonds. The Balaban J connectivity index is 2.91. The minimum atomic E-state index is -0.780. The van der Waals surface area contributed by atoms with Crippen LogP contribution in [0.5, 0.6) is 0 Å². The second kappa shape index (κ2) is 2.91. The first-order valence-corrected chi connectivity index (χ1v) is 4.43. The van der Waals surface area contributed by atoms with Crippen molar-refractivity contribution in [1.29, 1.82) is 0 Å². The van der Waals surface area contributed by atoms with Gasteiger partial charge in [0.05, 0.1) is 5.92 Å². The third-order valence-electron chi connectivity index (χ3n) is 1.97. The van der Waals surface area contributed by atoms with Crippen molar-refractivity contribution in [1.82, 2.24) is 0 Å². The molecule has 1 aliphatic rings. The Hall–Kier alpha value is -0.820. The highest BCUT2D eigenvalue weighted by Crippen LogP contribution is 2.39. The Labute approximate surface area is 75.3 Å². The molecule has 0 aromatic carbocycles. The van der Waals surface area contributed by atoms with Crippen molar-refractivity contribution in [3.8, 4) is 0 Å². The molecule has 0 aliphatic carbocycles. The number of hydrogen-bond acceptors (Lipinski definition) is 3. The van der Waals surface area contributed by atoms with Gasteiger partial charge in [-0.15, -0.1) is 0 Å². The molecule has 0 N–H and O–H groups in total. The molecule has 1 rings (SSSR count). The van der Waals surface area contributed by atoms with Crippen LogP contribution in [0.25, 0.3) is 4.85 Å². The fourth-order valence-electron chi connectivity index (χ4n) is 1.19. The van der Waals surface area contributed by atoms with E-state index in [9.17, 15) is 9.59 Å². The molecule has 0 saturated carbocycles. The fourth-order valence-corrected chi connectivity index (χ4v) is 2.32. The summed E-state index contributed by atoms with van der Waals surface area (Å²) in [5, 5.41) is -0.105. The standard InChI is InChI=1S/C8H9NO2S/c1-5-6(10)8(2,4-9-3)12-7(5)11/h5H,4H2,1-2H3. The van der Waals surface area contributed by atoms with E-state index in [1.54, 1.807) is 13.8 Å². The number of thioether (sulfide) groups is 1. The predicted molar refractivity (Wildman–Crippen MR) is 46.6 cm³/mol. The SMILES string of the molecule is [C-]#[N+]CC1(C)SC(=O)C(C)C1=O. The number of rotatable bonds is 1. The average Bonchev–Trinajstić information content (AvgIpc) is 2.17. The molecule has 1 fully saturated rings. The van der Waals surface area contributed by atoms with Crippen LogP contribution in [-0.4, -0.2) is 22.2 Å². The summed E-state index contributed by atoms with van der Waals surface area (Å²) in [7, 11) is 0. The highest BCUT2D eigenvalue weighted by Gasteiger charge is 2.51. The van der Waals surface area contributed by atoms with E-state index in [-0.39, 0.29) is 17.4 Å². The molecule has 0 bridgehead atoms. The van der Waals surface area contributed by atoms with Gasteiger partial charge in [0.15, 0.2) is 15.6 Å². The quantitative estimate of drug-likeness (QED) is 0.452. The molecule has 0 aromatic rings. The normalized spacial score (nSPS) is 35.2. The van der Waals surface area contributed by atoms with Crippen LogP contribution >= 0.6 is 11.8 Å². The average molecular weight is 183 g/mol. The van der Waals surface area contributed by atoms with Gasteiger partial charge in [-0.25, -0.2) is 6.57 Å². The van der Waals surface area contributed by atoms with E-state index in [0.717, 1.165) is 11.8 Å². The molecule has 0 spiro atoms. The summed E-state index contributed by atoms with van der Waals surface area (Å²) in [6.07, 6.45) is 0. The number of carbonyl (C=O) groups is 2. The second-order valence-corrected chi connectivity index (χ2v) is 4.56. The lowest BCUT2D eigenvalue weighted by molar-refractivity contribution is -0.127. The van der Waals surface area contributed by atoms with Crippen molar-refractivity contribution in [2.75, 3.05) is 6.54 Å². The topological polar surface area (TPSA) is 38.5 Å². The van der Waals surface area contributed by atoms with Crippen molar-refractivity contribution in [2.24, 2.45) is 5.92 Å². The van der Waals surface area contributed by atoms with Crippen LogP contribution in [0.4, 0.5) is 0 Å². The summed E-state index contributed by atoms with van der Waals surface area (Å²) < 4.78 is -0.780. The molecular weight excluding hydrogens is 174 g/mol. The zero-order valence-corrected chi connectivity index (χ0v) is 7.77. The summed E-state index contributed by atoms with van der Waals surface area (Å²) in [5.74, 6) is -0.629. The molecule has 4 heteroatoms. The smallest absolute Gasteiger partial charge is 0.236 e. The van der Waals surface area contributed by atoms with Gasteiger partial charge < -0.3 is 4.85 Å². The van der Waals surface area contributed by atoms with Gasteiger partial charge in [-0.05, 0) is 13.8 Å². The van der Waals surface area contributed by atoms with E-state index in [2.05, 4.69) is 4.85 Å². The first-order chi connectivity index (χ1) is 5.51. The van der Waals surface area contributed by atoms with E-state index in [4.69, 9.17) is 6.57 Å². The zero-order valence-electron chi connectivity index (χ0n) is 6.96.